The number of carbonyl (C=O) groups excluding carboxylic acids is 1. The molecule has 106 valence electrons. The van der Waals surface area contributed by atoms with Gasteiger partial charge in [-0.3, -0.25) is 4.79 Å². The van der Waals surface area contributed by atoms with E-state index in [4.69, 9.17) is 10.5 Å². The average molecular weight is 281 g/mol. The lowest BCUT2D eigenvalue weighted by Crippen LogP contribution is -2.44. The SMILES string of the molecule is CCOC(=O)C(CN)(CCSC)c1cccc(C)c1. The van der Waals surface area contributed by atoms with E-state index in [2.05, 4.69) is 0 Å². The van der Waals surface area contributed by atoms with Crippen molar-refractivity contribution in [2.24, 2.45) is 5.73 Å². The molecule has 0 aliphatic carbocycles. The number of aryl methyl sites for hydroxylation is 1. The van der Waals surface area contributed by atoms with Gasteiger partial charge in [-0.1, -0.05) is 29.8 Å². The van der Waals surface area contributed by atoms with Crippen LogP contribution in [0.4, 0.5) is 0 Å². The smallest absolute Gasteiger partial charge is 0.317 e. The van der Waals surface area contributed by atoms with Crippen molar-refractivity contribution < 1.29 is 9.53 Å². The molecule has 3 nitrogen and oxygen atoms in total. The molecular weight excluding hydrogens is 258 g/mol. The number of hydrogen-bond acceptors (Lipinski definition) is 4. The highest BCUT2D eigenvalue weighted by atomic mass is 32.2. The van der Waals surface area contributed by atoms with Crippen molar-refractivity contribution >= 4 is 17.7 Å². The van der Waals surface area contributed by atoms with E-state index in [9.17, 15) is 4.79 Å². The van der Waals surface area contributed by atoms with Crippen LogP contribution in [0.5, 0.6) is 0 Å². The lowest BCUT2D eigenvalue weighted by atomic mass is 9.77. The molecule has 0 aromatic heterocycles. The van der Waals surface area contributed by atoms with Crippen LogP contribution in [0.3, 0.4) is 0 Å². The number of nitrogens with two attached hydrogens (primary N) is 1. The fourth-order valence-corrected chi connectivity index (χ4v) is 2.71. The first-order chi connectivity index (χ1) is 9.10. The van der Waals surface area contributed by atoms with Gasteiger partial charge >= 0.3 is 5.97 Å². The van der Waals surface area contributed by atoms with Gasteiger partial charge in [-0.25, -0.2) is 0 Å². The van der Waals surface area contributed by atoms with Crippen molar-refractivity contribution in [3.63, 3.8) is 0 Å². The molecule has 0 radical (unpaired) electrons. The minimum absolute atomic E-state index is 0.211. The zero-order chi connectivity index (χ0) is 14.3. The number of rotatable bonds is 7. The minimum Gasteiger partial charge on any atom is -0.465 e. The van der Waals surface area contributed by atoms with E-state index in [-0.39, 0.29) is 12.5 Å². The van der Waals surface area contributed by atoms with Crippen molar-refractivity contribution in [2.75, 3.05) is 25.2 Å². The molecule has 0 saturated heterocycles. The molecule has 1 aromatic carbocycles. The molecule has 4 heteroatoms. The van der Waals surface area contributed by atoms with Crippen LogP contribution in [0, 0.1) is 6.92 Å². The van der Waals surface area contributed by atoms with Crippen molar-refractivity contribution in [1.29, 1.82) is 0 Å². The Morgan fingerprint density at radius 1 is 1.47 bits per heavy atom. The third-order valence-electron chi connectivity index (χ3n) is 3.32. The van der Waals surface area contributed by atoms with Crippen LogP contribution in [0.15, 0.2) is 24.3 Å². The summed E-state index contributed by atoms with van der Waals surface area (Å²) >= 11 is 1.71. The summed E-state index contributed by atoms with van der Waals surface area (Å²) in [4.78, 5) is 12.4. The van der Waals surface area contributed by atoms with E-state index in [1.807, 2.05) is 44.4 Å². The van der Waals surface area contributed by atoms with Crippen molar-refractivity contribution in [2.45, 2.75) is 25.7 Å². The van der Waals surface area contributed by atoms with Gasteiger partial charge in [0.15, 0.2) is 0 Å². The quantitative estimate of drug-likeness (QED) is 0.780. The van der Waals surface area contributed by atoms with Crippen LogP contribution in [0.2, 0.25) is 0 Å². The highest BCUT2D eigenvalue weighted by Gasteiger charge is 2.40. The molecule has 1 unspecified atom stereocenters. The molecule has 1 rings (SSSR count). The Morgan fingerprint density at radius 3 is 2.74 bits per heavy atom. The number of carbonyl (C=O) groups is 1. The van der Waals surface area contributed by atoms with Crippen LogP contribution in [0.25, 0.3) is 0 Å². The van der Waals surface area contributed by atoms with E-state index < -0.39 is 5.41 Å². The van der Waals surface area contributed by atoms with Crippen molar-refractivity contribution in [3.8, 4) is 0 Å². The van der Waals surface area contributed by atoms with Gasteiger partial charge in [0.1, 0.15) is 5.41 Å². The van der Waals surface area contributed by atoms with Gasteiger partial charge < -0.3 is 10.5 Å². The first-order valence-electron chi connectivity index (χ1n) is 6.54. The summed E-state index contributed by atoms with van der Waals surface area (Å²) < 4.78 is 5.26. The third-order valence-corrected chi connectivity index (χ3v) is 3.93. The van der Waals surface area contributed by atoms with E-state index in [1.54, 1.807) is 11.8 Å². The van der Waals surface area contributed by atoms with Gasteiger partial charge in [-0.05, 0) is 37.8 Å². The second-order valence-electron chi connectivity index (χ2n) is 4.62. The molecule has 0 aliphatic rings. The molecule has 0 saturated carbocycles. The predicted octanol–water partition coefficient (Wildman–Crippen LogP) is 2.51. The van der Waals surface area contributed by atoms with Crippen molar-refractivity contribution in [3.05, 3.63) is 35.4 Å². The first kappa shape index (κ1) is 16.1. The molecular formula is C15H23NO2S. The molecule has 1 atom stereocenters. The minimum atomic E-state index is -0.717. The molecule has 19 heavy (non-hydrogen) atoms. The maximum absolute atomic E-state index is 12.4. The summed E-state index contributed by atoms with van der Waals surface area (Å²) in [5.74, 6) is 0.668. The highest BCUT2D eigenvalue weighted by molar-refractivity contribution is 7.98. The molecule has 0 heterocycles. The van der Waals surface area contributed by atoms with Crippen LogP contribution in [-0.4, -0.2) is 31.1 Å². The number of thioether (sulfide) groups is 1. The Hall–Kier alpha value is -1.00. The Balaban J connectivity index is 3.18. The van der Waals surface area contributed by atoms with Crippen LogP contribution < -0.4 is 5.73 Å². The lowest BCUT2D eigenvalue weighted by Gasteiger charge is -2.30. The van der Waals surface area contributed by atoms with Gasteiger partial charge in [0.05, 0.1) is 6.61 Å². The fraction of sp³-hybridized carbons (Fsp3) is 0.533. The number of esters is 1. The van der Waals surface area contributed by atoms with E-state index in [1.165, 1.54) is 0 Å². The molecule has 1 aromatic rings. The maximum atomic E-state index is 12.4. The van der Waals surface area contributed by atoms with Gasteiger partial charge in [-0.15, -0.1) is 0 Å². The monoisotopic (exact) mass is 281 g/mol. The normalized spacial score (nSPS) is 13.9. The number of ether oxygens (including phenoxy) is 1. The first-order valence-corrected chi connectivity index (χ1v) is 7.93. The third kappa shape index (κ3) is 3.74. The predicted molar refractivity (Wildman–Crippen MR) is 81.5 cm³/mol. The van der Waals surface area contributed by atoms with E-state index >= 15 is 0 Å². The van der Waals surface area contributed by atoms with Crippen molar-refractivity contribution in [1.82, 2.24) is 0 Å². The second kappa shape index (κ2) is 7.56. The molecule has 2 N–H and O–H groups in total. The molecule has 0 fully saturated rings. The summed E-state index contributed by atoms with van der Waals surface area (Å²) in [6, 6.07) is 7.99. The molecule has 0 aliphatic heterocycles. The zero-order valence-corrected chi connectivity index (χ0v) is 12.8. The maximum Gasteiger partial charge on any atom is 0.317 e. The standard InChI is InChI=1S/C15H23NO2S/c1-4-18-14(17)15(11-16,8-9-19-3)13-7-5-6-12(2)10-13/h5-7,10H,4,8-9,11,16H2,1-3H3. The van der Waals surface area contributed by atoms with Crippen LogP contribution in [0.1, 0.15) is 24.5 Å². The second-order valence-corrected chi connectivity index (χ2v) is 5.60. The van der Waals surface area contributed by atoms with E-state index in [0.29, 0.717) is 13.0 Å². The molecule has 0 spiro atoms. The average Bonchev–Trinajstić information content (AvgIpc) is 2.40. The topological polar surface area (TPSA) is 52.3 Å². The summed E-state index contributed by atoms with van der Waals surface area (Å²) in [5, 5.41) is 0. The largest absolute Gasteiger partial charge is 0.465 e. The van der Waals surface area contributed by atoms with E-state index in [0.717, 1.165) is 16.9 Å². The summed E-state index contributed by atoms with van der Waals surface area (Å²) in [6.07, 6.45) is 2.73. The highest BCUT2D eigenvalue weighted by Crippen LogP contribution is 2.30. The van der Waals surface area contributed by atoms with Crippen LogP contribution in [-0.2, 0) is 14.9 Å². The zero-order valence-electron chi connectivity index (χ0n) is 11.9. The summed E-state index contributed by atoms with van der Waals surface area (Å²) in [7, 11) is 0. The Morgan fingerprint density at radius 2 is 2.21 bits per heavy atom. The van der Waals surface area contributed by atoms with Gasteiger partial charge in [-0.2, -0.15) is 11.8 Å². The Kier molecular flexibility index (Phi) is 6.38. The Labute approximate surface area is 119 Å². The van der Waals surface area contributed by atoms with Gasteiger partial charge in [0.2, 0.25) is 0 Å². The Bertz CT molecular complexity index is 422. The summed E-state index contributed by atoms with van der Waals surface area (Å²) in [6.45, 7) is 4.50. The number of benzene rings is 1. The lowest BCUT2D eigenvalue weighted by molar-refractivity contribution is -0.150. The molecule has 0 bridgehead atoms. The van der Waals surface area contributed by atoms with Gasteiger partial charge in [0, 0.05) is 6.54 Å². The molecule has 0 amide bonds. The summed E-state index contributed by atoms with van der Waals surface area (Å²) in [5.41, 5.74) is 7.32. The fourth-order valence-electron chi connectivity index (χ4n) is 2.16. The van der Waals surface area contributed by atoms with Crippen LogP contribution >= 0.6 is 11.8 Å². The van der Waals surface area contributed by atoms with Gasteiger partial charge in [0.25, 0.3) is 0 Å². The number of hydrogen-bond donors (Lipinski definition) is 1.